The number of hydrogen-bond acceptors (Lipinski definition) is 5. The van der Waals surface area contributed by atoms with Gasteiger partial charge in [-0.05, 0) is 49.7 Å². The SMILES string of the molecule is CCCCCOc1ccc(C(=O)N=c2sc3cccc(OC)c3n2CCOCC)cc1. The molecule has 0 fully saturated rings. The molecule has 6 nitrogen and oxygen atoms in total. The summed E-state index contributed by atoms with van der Waals surface area (Å²) < 4.78 is 19.8. The second-order valence-corrected chi connectivity index (χ2v) is 8.05. The highest BCUT2D eigenvalue weighted by atomic mass is 32.1. The smallest absolute Gasteiger partial charge is 0.279 e. The van der Waals surface area contributed by atoms with Crippen molar-refractivity contribution in [2.45, 2.75) is 39.7 Å². The van der Waals surface area contributed by atoms with E-state index in [0.29, 0.717) is 36.7 Å². The maximum absolute atomic E-state index is 12.9. The minimum atomic E-state index is -0.284. The van der Waals surface area contributed by atoms with Crippen LogP contribution in [-0.2, 0) is 11.3 Å². The Bertz CT molecular complexity index is 1050. The Kier molecular flexibility index (Phi) is 8.67. The van der Waals surface area contributed by atoms with Crippen molar-refractivity contribution in [3.63, 3.8) is 0 Å². The molecule has 0 unspecified atom stereocenters. The summed E-state index contributed by atoms with van der Waals surface area (Å²) in [7, 11) is 1.65. The third-order valence-electron chi connectivity index (χ3n) is 4.86. The lowest BCUT2D eigenvalue weighted by Gasteiger charge is -2.08. The minimum Gasteiger partial charge on any atom is -0.495 e. The van der Waals surface area contributed by atoms with Gasteiger partial charge in [0, 0.05) is 18.7 Å². The molecular weight excluding hydrogens is 412 g/mol. The van der Waals surface area contributed by atoms with Crippen molar-refractivity contribution in [2.75, 3.05) is 26.9 Å². The molecular formula is C24H30N2O4S. The van der Waals surface area contributed by atoms with Gasteiger partial charge in [-0.1, -0.05) is 37.2 Å². The topological polar surface area (TPSA) is 62.0 Å². The number of amides is 1. The number of carbonyl (C=O) groups is 1. The Balaban J connectivity index is 1.86. The Hall–Kier alpha value is -2.64. The molecule has 0 atom stereocenters. The van der Waals surface area contributed by atoms with E-state index in [4.69, 9.17) is 14.2 Å². The third-order valence-corrected chi connectivity index (χ3v) is 5.91. The van der Waals surface area contributed by atoms with Crippen LogP contribution in [0.25, 0.3) is 10.2 Å². The van der Waals surface area contributed by atoms with Crippen molar-refractivity contribution in [1.82, 2.24) is 4.57 Å². The molecule has 31 heavy (non-hydrogen) atoms. The monoisotopic (exact) mass is 442 g/mol. The number of benzene rings is 2. The number of rotatable bonds is 11. The molecule has 1 aromatic heterocycles. The van der Waals surface area contributed by atoms with E-state index in [1.54, 1.807) is 19.2 Å². The summed E-state index contributed by atoms with van der Waals surface area (Å²) in [5, 5.41) is 0. The molecule has 0 radical (unpaired) electrons. The van der Waals surface area contributed by atoms with Crippen LogP contribution in [-0.4, -0.2) is 37.4 Å². The zero-order chi connectivity index (χ0) is 22.1. The van der Waals surface area contributed by atoms with Gasteiger partial charge in [0.25, 0.3) is 5.91 Å². The van der Waals surface area contributed by atoms with Crippen molar-refractivity contribution >= 4 is 27.5 Å². The molecule has 0 N–H and O–H groups in total. The number of unbranched alkanes of at least 4 members (excludes halogenated alkanes) is 2. The van der Waals surface area contributed by atoms with E-state index >= 15 is 0 Å². The molecule has 7 heteroatoms. The highest BCUT2D eigenvalue weighted by molar-refractivity contribution is 7.16. The lowest BCUT2D eigenvalue weighted by atomic mass is 10.2. The van der Waals surface area contributed by atoms with Crippen molar-refractivity contribution in [3.05, 3.63) is 52.8 Å². The van der Waals surface area contributed by atoms with Crippen molar-refractivity contribution < 1.29 is 19.0 Å². The molecule has 0 aliphatic carbocycles. The molecule has 1 amide bonds. The van der Waals surface area contributed by atoms with Crippen molar-refractivity contribution in [1.29, 1.82) is 0 Å². The number of methoxy groups -OCH3 is 1. The van der Waals surface area contributed by atoms with Crippen LogP contribution in [0.5, 0.6) is 11.5 Å². The van der Waals surface area contributed by atoms with E-state index in [0.717, 1.165) is 41.0 Å². The van der Waals surface area contributed by atoms with Gasteiger partial charge in [0.2, 0.25) is 0 Å². The van der Waals surface area contributed by atoms with Gasteiger partial charge in [-0.15, -0.1) is 0 Å². The fourth-order valence-electron chi connectivity index (χ4n) is 3.24. The number of ether oxygens (including phenoxy) is 3. The Morgan fingerprint density at radius 1 is 1.06 bits per heavy atom. The van der Waals surface area contributed by atoms with Gasteiger partial charge in [-0.2, -0.15) is 4.99 Å². The molecule has 0 saturated carbocycles. The number of aromatic nitrogens is 1. The molecule has 0 spiro atoms. The quantitative estimate of drug-likeness (QED) is 0.390. The summed E-state index contributed by atoms with van der Waals surface area (Å²) in [4.78, 5) is 17.9. The Morgan fingerprint density at radius 3 is 2.58 bits per heavy atom. The summed E-state index contributed by atoms with van der Waals surface area (Å²) in [5.41, 5.74) is 1.46. The summed E-state index contributed by atoms with van der Waals surface area (Å²) >= 11 is 1.47. The lowest BCUT2D eigenvalue weighted by molar-refractivity contribution is 0.0996. The summed E-state index contributed by atoms with van der Waals surface area (Å²) in [5.74, 6) is 1.24. The van der Waals surface area contributed by atoms with Gasteiger partial charge in [-0.3, -0.25) is 4.79 Å². The fraction of sp³-hybridized carbons (Fsp3) is 0.417. The van der Waals surface area contributed by atoms with Crippen molar-refractivity contribution in [3.8, 4) is 11.5 Å². The van der Waals surface area contributed by atoms with Crippen LogP contribution in [0.3, 0.4) is 0 Å². The van der Waals surface area contributed by atoms with E-state index in [9.17, 15) is 4.79 Å². The Labute approximate surface area is 187 Å². The van der Waals surface area contributed by atoms with E-state index < -0.39 is 0 Å². The number of nitrogens with zero attached hydrogens (tertiary/aromatic N) is 2. The number of thiazole rings is 1. The number of fused-ring (bicyclic) bond motifs is 1. The summed E-state index contributed by atoms with van der Waals surface area (Å²) in [6.07, 6.45) is 3.34. The van der Waals surface area contributed by atoms with Crippen LogP contribution in [0.15, 0.2) is 47.5 Å². The molecule has 0 saturated heterocycles. The highest BCUT2D eigenvalue weighted by Gasteiger charge is 2.13. The van der Waals surface area contributed by atoms with Gasteiger partial charge >= 0.3 is 0 Å². The zero-order valence-electron chi connectivity index (χ0n) is 18.4. The first-order chi connectivity index (χ1) is 15.2. The third kappa shape index (κ3) is 5.95. The van der Waals surface area contributed by atoms with Crippen LogP contribution in [0.4, 0.5) is 0 Å². The van der Waals surface area contributed by atoms with E-state index in [1.165, 1.54) is 11.3 Å². The first-order valence-electron chi connectivity index (χ1n) is 10.7. The average molecular weight is 443 g/mol. The van der Waals surface area contributed by atoms with Gasteiger partial charge in [0.1, 0.15) is 17.0 Å². The normalized spacial score (nSPS) is 11.8. The van der Waals surface area contributed by atoms with Crippen LogP contribution in [0.1, 0.15) is 43.5 Å². The van der Waals surface area contributed by atoms with Crippen LogP contribution in [0, 0.1) is 0 Å². The highest BCUT2D eigenvalue weighted by Crippen LogP contribution is 2.27. The van der Waals surface area contributed by atoms with Gasteiger partial charge in [0.15, 0.2) is 4.80 Å². The fourth-order valence-corrected chi connectivity index (χ4v) is 4.31. The number of hydrogen-bond donors (Lipinski definition) is 0. The zero-order valence-corrected chi connectivity index (χ0v) is 19.2. The van der Waals surface area contributed by atoms with E-state index in [-0.39, 0.29) is 5.91 Å². The first kappa shape index (κ1) is 23.0. The van der Waals surface area contributed by atoms with Crippen LogP contribution >= 0.6 is 11.3 Å². The molecule has 0 aliphatic heterocycles. The summed E-state index contributed by atoms with van der Waals surface area (Å²) in [6.45, 7) is 6.57. The number of carbonyl (C=O) groups excluding carboxylic acids is 1. The molecule has 0 bridgehead atoms. The minimum absolute atomic E-state index is 0.284. The molecule has 1 heterocycles. The second kappa shape index (κ2) is 11.7. The maximum atomic E-state index is 12.9. The second-order valence-electron chi connectivity index (χ2n) is 7.04. The van der Waals surface area contributed by atoms with E-state index in [1.807, 2.05) is 41.8 Å². The lowest BCUT2D eigenvalue weighted by Crippen LogP contribution is -2.20. The average Bonchev–Trinajstić information content (AvgIpc) is 3.14. The Morgan fingerprint density at radius 2 is 1.87 bits per heavy atom. The van der Waals surface area contributed by atoms with Crippen LogP contribution < -0.4 is 14.3 Å². The number of para-hydroxylation sites is 1. The standard InChI is InChI=1S/C24H30N2O4S/c1-4-6-7-16-30-19-13-11-18(12-14-19)23(27)25-24-26(15-17-29-5-2)22-20(28-3)9-8-10-21(22)31-24/h8-14H,4-7,15-17H2,1-3H3. The molecule has 3 rings (SSSR count). The largest absolute Gasteiger partial charge is 0.495 e. The van der Waals surface area contributed by atoms with Gasteiger partial charge < -0.3 is 18.8 Å². The summed E-state index contributed by atoms with van der Waals surface area (Å²) in [6, 6.07) is 13.0. The molecule has 0 aliphatic rings. The van der Waals surface area contributed by atoms with E-state index in [2.05, 4.69) is 11.9 Å². The predicted octanol–water partition coefficient (Wildman–Crippen LogP) is 5.06. The maximum Gasteiger partial charge on any atom is 0.279 e. The van der Waals surface area contributed by atoms with Crippen molar-refractivity contribution in [2.24, 2.45) is 4.99 Å². The molecule has 2 aromatic carbocycles. The van der Waals surface area contributed by atoms with Gasteiger partial charge in [-0.25, -0.2) is 0 Å². The first-order valence-corrected chi connectivity index (χ1v) is 11.6. The predicted molar refractivity (Wildman–Crippen MR) is 124 cm³/mol. The van der Waals surface area contributed by atoms with Gasteiger partial charge in [0.05, 0.1) is 25.0 Å². The molecule has 166 valence electrons. The molecule has 3 aromatic rings. The van der Waals surface area contributed by atoms with Crippen LogP contribution in [0.2, 0.25) is 0 Å².